The lowest BCUT2D eigenvalue weighted by molar-refractivity contribution is -0.138. The van der Waals surface area contributed by atoms with Crippen molar-refractivity contribution in [1.82, 2.24) is 14.9 Å². The van der Waals surface area contributed by atoms with Gasteiger partial charge < -0.3 is 19.6 Å². The van der Waals surface area contributed by atoms with Crippen LogP contribution < -0.4 is 14.7 Å². The molecular formula is C30H30F6N6O4. The number of carbonyl (C=O) groups is 2. The van der Waals surface area contributed by atoms with Crippen LogP contribution in [-0.4, -0.2) is 90.5 Å². The van der Waals surface area contributed by atoms with Crippen LogP contribution in [0.25, 0.3) is 11.1 Å². The molecular weight excluding hydrogens is 622 g/mol. The quantitative estimate of drug-likeness (QED) is 0.370. The first-order valence-electron chi connectivity index (χ1n) is 14.3. The monoisotopic (exact) mass is 652 g/mol. The Morgan fingerprint density at radius 1 is 0.978 bits per heavy atom. The highest BCUT2D eigenvalue weighted by molar-refractivity contribution is 6.21. The lowest BCUT2D eigenvalue weighted by atomic mass is 10.0. The van der Waals surface area contributed by atoms with Crippen molar-refractivity contribution in [2.45, 2.75) is 32.1 Å². The Bertz CT molecular complexity index is 1620. The minimum Gasteiger partial charge on any atom is -0.464 e. The number of piperazine rings is 1. The minimum atomic E-state index is -5.27. The van der Waals surface area contributed by atoms with Gasteiger partial charge in [0, 0.05) is 62.3 Å². The summed E-state index contributed by atoms with van der Waals surface area (Å²) in [6, 6.07) is 1.49. The van der Waals surface area contributed by atoms with Crippen molar-refractivity contribution in [2.75, 3.05) is 61.1 Å². The molecule has 2 saturated heterocycles. The number of halogens is 6. The normalized spacial score (nSPS) is 19.3. The van der Waals surface area contributed by atoms with Gasteiger partial charge in [-0.2, -0.15) is 13.2 Å². The van der Waals surface area contributed by atoms with Crippen molar-refractivity contribution >= 4 is 29.3 Å². The summed E-state index contributed by atoms with van der Waals surface area (Å²) in [4.78, 5) is 39.8. The zero-order valence-electron chi connectivity index (χ0n) is 25.0. The maximum Gasteiger partial charge on any atom is 0.419 e. The molecule has 0 aliphatic carbocycles. The number of anilines is 3. The third kappa shape index (κ3) is 6.31. The van der Waals surface area contributed by atoms with Gasteiger partial charge in [0.05, 0.1) is 35.6 Å². The van der Waals surface area contributed by atoms with Gasteiger partial charge in [-0.1, -0.05) is 0 Å². The number of imide groups is 1. The molecule has 2 aliphatic rings. The number of amides is 2. The fourth-order valence-corrected chi connectivity index (χ4v) is 5.63. The number of hydrogen-bond donors (Lipinski definition) is 1. The predicted octanol–water partition coefficient (Wildman–Crippen LogP) is 5.27. The van der Waals surface area contributed by atoms with E-state index in [1.807, 2.05) is 25.8 Å². The minimum absolute atomic E-state index is 0.0395. The molecule has 5 rings (SSSR count). The lowest BCUT2D eigenvalue weighted by Crippen LogP contribution is -2.55. The average Bonchev–Trinajstić information content (AvgIpc) is 3.00. The molecule has 10 nitrogen and oxygen atoms in total. The summed E-state index contributed by atoms with van der Waals surface area (Å²) >= 11 is 0. The molecule has 2 aliphatic heterocycles. The molecule has 3 aromatic rings. The number of carboxylic acid groups (broad SMARTS) is 1. The van der Waals surface area contributed by atoms with E-state index in [0.29, 0.717) is 38.4 Å². The van der Waals surface area contributed by atoms with Gasteiger partial charge >= 0.3 is 12.3 Å². The number of rotatable bonds is 5. The molecule has 0 saturated carbocycles. The third-order valence-electron chi connectivity index (χ3n) is 8.23. The number of nitrogens with zero attached hydrogens (tertiary/aromatic N) is 6. The van der Waals surface area contributed by atoms with Crippen molar-refractivity contribution in [1.29, 1.82) is 0 Å². The van der Waals surface area contributed by atoms with Crippen LogP contribution in [-0.2, 0) is 10.9 Å². The van der Waals surface area contributed by atoms with Gasteiger partial charge in [-0.3, -0.25) is 9.69 Å². The van der Waals surface area contributed by atoms with E-state index >= 15 is 8.78 Å². The maximum atomic E-state index is 16.7. The largest absolute Gasteiger partial charge is 0.464 e. The molecule has 3 heterocycles. The summed E-state index contributed by atoms with van der Waals surface area (Å²) in [7, 11) is 1.83. The molecule has 2 atom stereocenters. The van der Waals surface area contributed by atoms with E-state index in [0.717, 1.165) is 18.5 Å². The van der Waals surface area contributed by atoms with E-state index < -0.39 is 58.0 Å². The van der Waals surface area contributed by atoms with E-state index in [1.54, 1.807) is 4.90 Å². The van der Waals surface area contributed by atoms with Crippen LogP contribution in [0.1, 0.15) is 29.8 Å². The van der Waals surface area contributed by atoms with E-state index in [9.17, 15) is 32.3 Å². The molecule has 46 heavy (non-hydrogen) atoms. The standard InChI is InChI=1S/C30H30F6N6O4/c1-16-14-41(15-17(2)39(16)3)23-11-22(32)24(18-12-37-28(38-13-18)40-6-8-46-9-7-40)25(33)26(23)42(29(44)45)27(43)20-5-4-19(31)10-21(20)30(34,35)36/h4-5,10-13,16-17H,6-9,14-15H2,1-3H3,(H,44,45)/t16-,17+. The highest BCUT2D eigenvalue weighted by Crippen LogP contribution is 2.43. The number of ether oxygens (including phenoxy) is 1. The molecule has 1 N–H and O–H groups in total. The summed E-state index contributed by atoms with van der Waals surface area (Å²) in [5.74, 6) is -5.57. The predicted molar refractivity (Wildman–Crippen MR) is 156 cm³/mol. The topological polar surface area (TPSA) is 102 Å². The Kier molecular flexibility index (Phi) is 9.13. The molecule has 2 fully saturated rings. The second kappa shape index (κ2) is 12.7. The zero-order chi connectivity index (χ0) is 33.5. The first-order chi connectivity index (χ1) is 21.7. The highest BCUT2D eigenvalue weighted by atomic mass is 19.4. The summed E-state index contributed by atoms with van der Waals surface area (Å²) < 4.78 is 93.5. The van der Waals surface area contributed by atoms with Crippen LogP contribution >= 0.6 is 0 Å². The van der Waals surface area contributed by atoms with Crippen molar-refractivity contribution in [3.8, 4) is 11.1 Å². The molecule has 0 radical (unpaired) electrons. The Balaban J connectivity index is 1.70. The molecule has 0 bridgehead atoms. The number of benzene rings is 2. The summed E-state index contributed by atoms with van der Waals surface area (Å²) in [5.41, 5.74) is -5.38. The Morgan fingerprint density at radius 3 is 2.15 bits per heavy atom. The second-order valence-corrected chi connectivity index (χ2v) is 11.2. The van der Waals surface area contributed by atoms with Crippen LogP contribution in [0.2, 0.25) is 0 Å². The van der Waals surface area contributed by atoms with Gasteiger partial charge in [-0.05, 0) is 39.1 Å². The van der Waals surface area contributed by atoms with Crippen LogP contribution in [0.5, 0.6) is 0 Å². The van der Waals surface area contributed by atoms with Crippen LogP contribution in [0, 0.1) is 17.5 Å². The van der Waals surface area contributed by atoms with E-state index in [1.165, 1.54) is 4.90 Å². The summed E-state index contributed by atoms with van der Waals surface area (Å²) in [5, 5.41) is 10.2. The fourth-order valence-electron chi connectivity index (χ4n) is 5.63. The average molecular weight is 653 g/mol. The maximum absolute atomic E-state index is 16.7. The Hall–Kier alpha value is -4.44. The first kappa shape index (κ1) is 32.9. The molecule has 246 valence electrons. The number of likely N-dealkylation sites (N-methyl/N-ethyl adjacent to an activating group) is 1. The number of morpholine rings is 1. The Labute approximate surface area is 259 Å². The van der Waals surface area contributed by atoms with Gasteiger partial charge in [0.15, 0.2) is 5.82 Å². The zero-order valence-corrected chi connectivity index (χ0v) is 25.0. The number of aromatic nitrogens is 2. The Morgan fingerprint density at radius 2 is 1.59 bits per heavy atom. The van der Waals surface area contributed by atoms with Gasteiger partial charge in [-0.25, -0.2) is 32.8 Å². The summed E-state index contributed by atoms with van der Waals surface area (Å²) in [6.07, 6.45) is -5.17. The van der Waals surface area contributed by atoms with E-state index in [2.05, 4.69) is 9.97 Å². The van der Waals surface area contributed by atoms with Gasteiger partial charge in [0.2, 0.25) is 5.95 Å². The van der Waals surface area contributed by atoms with Gasteiger partial charge in [0.1, 0.15) is 17.3 Å². The number of carbonyl (C=O) groups excluding carboxylic acids is 1. The highest BCUT2D eigenvalue weighted by Gasteiger charge is 2.41. The first-order valence-corrected chi connectivity index (χ1v) is 14.3. The molecule has 0 unspecified atom stereocenters. The summed E-state index contributed by atoms with van der Waals surface area (Å²) in [6.45, 7) is 5.71. The smallest absolute Gasteiger partial charge is 0.419 e. The van der Waals surface area contributed by atoms with Gasteiger partial charge in [-0.15, -0.1) is 0 Å². The van der Waals surface area contributed by atoms with E-state index in [4.69, 9.17) is 4.74 Å². The van der Waals surface area contributed by atoms with Crippen molar-refractivity contribution < 1.29 is 45.8 Å². The fraction of sp³-hybridized carbons (Fsp3) is 0.400. The van der Waals surface area contributed by atoms with Crippen molar-refractivity contribution in [3.63, 3.8) is 0 Å². The van der Waals surface area contributed by atoms with Crippen LogP contribution in [0.15, 0.2) is 36.7 Å². The molecule has 16 heteroatoms. The second-order valence-electron chi connectivity index (χ2n) is 11.2. The van der Waals surface area contributed by atoms with E-state index in [-0.39, 0.29) is 53.3 Å². The van der Waals surface area contributed by atoms with Crippen molar-refractivity contribution in [3.05, 3.63) is 65.2 Å². The molecule has 2 amide bonds. The molecule has 2 aromatic carbocycles. The SMILES string of the molecule is C[C@@H]1CN(c2cc(F)c(-c3cnc(N4CCOCC4)nc3)c(F)c2N(C(=O)O)C(=O)c2ccc(F)cc2C(F)(F)F)C[C@H](C)N1C. The lowest BCUT2D eigenvalue weighted by Gasteiger charge is -2.44. The third-order valence-corrected chi connectivity index (χ3v) is 8.23. The molecule has 1 aromatic heterocycles. The number of hydrogen-bond acceptors (Lipinski definition) is 8. The number of alkyl halides is 3. The van der Waals surface area contributed by atoms with Crippen LogP contribution in [0.4, 0.5) is 48.5 Å². The molecule has 0 spiro atoms. The van der Waals surface area contributed by atoms with Gasteiger partial charge in [0.25, 0.3) is 5.91 Å². The van der Waals surface area contributed by atoms with Crippen LogP contribution in [0.3, 0.4) is 0 Å². The van der Waals surface area contributed by atoms with Crippen molar-refractivity contribution in [2.24, 2.45) is 0 Å².